The van der Waals surface area contributed by atoms with E-state index in [4.69, 9.17) is 9.47 Å². The van der Waals surface area contributed by atoms with Gasteiger partial charge in [0.25, 0.3) is 0 Å². The van der Waals surface area contributed by atoms with Gasteiger partial charge in [-0.3, -0.25) is 0 Å². The van der Waals surface area contributed by atoms with E-state index in [2.05, 4.69) is 20.1 Å². The Hall–Kier alpha value is -3.69. The highest BCUT2D eigenvalue weighted by Gasteiger charge is 2.42. The highest BCUT2D eigenvalue weighted by molar-refractivity contribution is 5.68. The van der Waals surface area contributed by atoms with Gasteiger partial charge in [0, 0.05) is 24.2 Å². The van der Waals surface area contributed by atoms with Crippen LogP contribution in [0.3, 0.4) is 0 Å². The van der Waals surface area contributed by atoms with E-state index in [1.54, 1.807) is 29.2 Å². The van der Waals surface area contributed by atoms with Gasteiger partial charge in [-0.2, -0.15) is 23.3 Å². The van der Waals surface area contributed by atoms with E-state index in [1.165, 1.54) is 26.4 Å². The summed E-state index contributed by atoms with van der Waals surface area (Å²) in [6, 6.07) is 7.57. The third-order valence-corrected chi connectivity index (χ3v) is 5.60. The molecule has 4 aromatic rings. The van der Waals surface area contributed by atoms with Crippen LogP contribution >= 0.6 is 0 Å². The van der Waals surface area contributed by atoms with E-state index in [0.29, 0.717) is 28.3 Å². The molecule has 1 aromatic carbocycles. The molecule has 0 saturated heterocycles. The van der Waals surface area contributed by atoms with Gasteiger partial charge < -0.3 is 9.47 Å². The van der Waals surface area contributed by atoms with Crippen LogP contribution in [0.5, 0.6) is 11.9 Å². The second kappa shape index (κ2) is 7.47. The van der Waals surface area contributed by atoms with Crippen LogP contribution in [0.1, 0.15) is 34.9 Å². The fourth-order valence-corrected chi connectivity index (χ4v) is 3.98. The van der Waals surface area contributed by atoms with Gasteiger partial charge >= 0.3 is 12.2 Å². The zero-order valence-electron chi connectivity index (χ0n) is 17.2. The quantitative estimate of drug-likeness (QED) is 0.454. The Labute approximate surface area is 180 Å². The summed E-state index contributed by atoms with van der Waals surface area (Å²) in [5.74, 6) is 0.303. The molecule has 1 saturated carbocycles. The Kier molecular flexibility index (Phi) is 4.72. The highest BCUT2D eigenvalue weighted by atomic mass is 19.4. The second-order valence-corrected chi connectivity index (χ2v) is 7.53. The zero-order chi connectivity index (χ0) is 22.5. The Balaban J connectivity index is 1.55. The van der Waals surface area contributed by atoms with Gasteiger partial charge in [-0.15, -0.1) is 0 Å². The largest absolute Gasteiger partial charge is 0.480 e. The van der Waals surface area contributed by atoms with Crippen LogP contribution in [-0.4, -0.2) is 38.8 Å². The fourth-order valence-electron chi connectivity index (χ4n) is 3.98. The molecule has 0 bridgehead atoms. The lowest BCUT2D eigenvalue weighted by atomic mass is 10.0. The van der Waals surface area contributed by atoms with E-state index < -0.39 is 11.7 Å². The predicted molar refractivity (Wildman–Crippen MR) is 109 cm³/mol. The number of hydrogen-bond acceptors (Lipinski definition) is 6. The number of aromatic nitrogens is 5. The number of hydrogen-bond donors (Lipinski definition) is 0. The summed E-state index contributed by atoms with van der Waals surface area (Å²) < 4.78 is 51.5. The number of fused-ring (bicyclic) bond motifs is 1. The Morgan fingerprint density at radius 2 is 1.91 bits per heavy atom. The van der Waals surface area contributed by atoms with Crippen molar-refractivity contribution < 1.29 is 22.6 Å². The van der Waals surface area contributed by atoms with E-state index in [9.17, 15) is 13.2 Å². The number of ether oxygens (including phenoxy) is 2. The van der Waals surface area contributed by atoms with Crippen molar-refractivity contribution in [3.8, 4) is 23.1 Å². The molecule has 1 aliphatic rings. The van der Waals surface area contributed by atoms with Crippen molar-refractivity contribution in [2.24, 2.45) is 0 Å². The summed E-state index contributed by atoms with van der Waals surface area (Å²) in [5.41, 5.74) is 2.74. The molecule has 0 radical (unpaired) electrons. The summed E-state index contributed by atoms with van der Waals surface area (Å²) in [6.45, 7) is 0. The number of benzene rings is 1. The van der Waals surface area contributed by atoms with Crippen molar-refractivity contribution in [3.63, 3.8) is 0 Å². The average molecular weight is 441 g/mol. The number of alkyl halides is 3. The van der Waals surface area contributed by atoms with Crippen molar-refractivity contribution in [2.75, 3.05) is 14.2 Å². The van der Waals surface area contributed by atoms with Crippen molar-refractivity contribution in [1.82, 2.24) is 24.6 Å². The van der Waals surface area contributed by atoms with Gasteiger partial charge in [0.05, 0.1) is 31.0 Å². The number of halogens is 3. The maximum Gasteiger partial charge on any atom is 0.416 e. The third-order valence-electron chi connectivity index (χ3n) is 5.60. The summed E-state index contributed by atoms with van der Waals surface area (Å²) in [4.78, 5) is 12.8. The lowest BCUT2D eigenvalue weighted by Crippen LogP contribution is -2.05. The molecule has 3 aromatic heterocycles. The molecule has 10 heteroatoms. The molecule has 0 spiro atoms. The summed E-state index contributed by atoms with van der Waals surface area (Å²) >= 11 is 0. The smallest absolute Gasteiger partial charge is 0.416 e. The minimum atomic E-state index is -4.37. The normalized spacial score (nSPS) is 18.0. The van der Waals surface area contributed by atoms with Gasteiger partial charge in [0.15, 0.2) is 5.65 Å². The van der Waals surface area contributed by atoms with Crippen LogP contribution in [0.25, 0.3) is 16.9 Å². The molecule has 164 valence electrons. The average Bonchev–Trinajstić information content (AvgIpc) is 3.45. The van der Waals surface area contributed by atoms with E-state index >= 15 is 0 Å². The zero-order valence-corrected chi connectivity index (χ0v) is 17.2. The minimum absolute atomic E-state index is 0.0234. The molecular formula is C22H18F3N5O2. The second-order valence-electron chi connectivity index (χ2n) is 7.53. The van der Waals surface area contributed by atoms with E-state index in [1.807, 2.05) is 6.07 Å². The molecule has 5 rings (SSSR count). The SMILES string of the molecule is COc1ncc(-c2cc([C@H]3C[C@@H]3c3cccc(C(F)(F)F)c3)c3nccn3n2)c(OC)n1. The summed E-state index contributed by atoms with van der Waals surface area (Å²) in [7, 11) is 2.95. The third kappa shape index (κ3) is 3.51. The van der Waals surface area contributed by atoms with Crippen LogP contribution < -0.4 is 9.47 Å². The van der Waals surface area contributed by atoms with Gasteiger partial charge in [0.2, 0.25) is 5.88 Å². The molecule has 1 aliphatic carbocycles. The molecule has 3 heterocycles. The first-order valence-electron chi connectivity index (χ1n) is 9.86. The maximum absolute atomic E-state index is 13.2. The fraction of sp³-hybridized carbons (Fsp3) is 0.273. The van der Waals surface area contributed by atoms with Crippen LogP contribution in [0.2, 0.25) is 0 Å². The molecule has 2 atom stereocenters. The Morgan fingerprint density at radius 3 is 2.66 bits per heavy atom. The summed E-state index contributed by atoms with van der Waals surface area (Å²) in [5, 5.41) is 4.59. The first-order chi connectivity index (χ1) is 15.4. The van der Waals surface area contributed by atoms with Crippen molar-refractivity contribution >= 4 is 5.65 Å². The highest BCUT2D eigenvalue weighted by Crippen LogP contribution is 2.56. The van der Waals surface area contributed by atoms with Gasteiger partial charge in [-0.25, -0.2) is 14.5 Å². The molecule has 7 nitrogen and oxygen atoms in total. The number of methoxy groups -OCH3 is 2. The Bertz CT molecular complexity index is 1300. The van der Waals surface area contributed by atoms with Crippen LogP contribution in [0.4, 0.5) is 13.2 Å². The topological polar surface area (TPSA) is 74.4 Å². The maximum atomic E-state index is 13.2. The molecular weight excluding hydrogens is 423 g/mol. The van der Waals surface area contributed by atoms with Crippen LogP contribution in [0.15, 0.2) is 48.9 Å². The molecule has 0 N–H and O–H groups in total. The van der Waals surface area contributed by atoms with E-state index in [-0.39, 0.29) is 17.8 Å². The predicted octanol–water partition coefficient (Wildman–Crippen LogP) is 4.49. The summed E-state index contributed by atoms with van der Waals surface area (Å²) in [6.07, 6.45) is 1.28. The van der Waals surface area contributed by atoms with Crippen molar-refractivity contribution in [1.29, 1.82) is 0 Å². The number of imidazole rings is 1. The standard InChI is InChI=1S/C22H18F3N5O2/c1-31-20-17(11-27-21(28-20)32-2)18-10-16(19-26-6-7-30(19)29-18)15-9-14(15)12-4-3-5-13(8-12)22(23,24)25/h3-8,10-11,14-15H,9H2,1-2H3/t14-,15+/m1/s1. The van der Waals surface area contributed by atoms with Gasteiger partial charge in [-0.05, 0) is 36.0 Å². The number of nitrogens with zero attached hydrogens (tertiary/aromatic N) is 5. The lowest BCUT2D eigenvalue weighted by molar-refractivity contribution is -0.137. The van der Waals surface area contributed by atoms with Crippen molar-refractivity contribution in [2.45, 2.75) is 24.4 Å². The molecule has 0 aliphatic heterocycles. The first kappa shape index (κ1) is 20.2. The lowest BCUT2D eigenvalue weighted by Gasteiger charge is -2.11. The van der Waals surface area contributed by atoms with Crippen LogP contribution in [-0.2, 0) is 6.18 Å². The van der Waals surface area contributed by atoms with E-state index in [0.717, 1.165) is 18.1 Å². The molecule has 0 unspecified atom stereocenters. The minimum Gasteiger partial charge on any atom is -0.480 e. The van der Waals surface area contributed by atoms with Crippen molar-refractivity contribution in [3.05, 3.63) is 65.6 Å². The first-order valence-corrected chi connectivity index (χ1v) is 9.86. The molecule has 32 heavy (non-hydrogen) atoms. The number of rotatable bonds is 5. The monoisotopic (exact) mass is 441 g/mol. The van der Waals surface area contributed by atoms with Crippen LogP contribution in [0, 0.1) is 0 Å². The molecule has 0 amide bonds. The molecule has 1 fully saturated rings. The van der Waals surface area contributed by atoms with Gasteiger partial charge in [0.1, 0.15) is 0 Å². The Morgan fingerprint density at radius 1 is 1.06 bits per heavy atom. The van der Waals surface area contributed by atoms with Gasteiger partial charge in [-0.1, -0.05) is 18.2 Å².